The van der Waals surface area contributed by atoms with Crippen LogP contribution in [0.2, 0.25) is 0 Å². The van der Waals surface area contributed by atoms with Crippen LogP contribution in [0.5, 0.6) is 5.75 Å². The minimum atomic E-state index is -0.343. The number of phenols is 1. The molecule has 2 aromatic rings. The largest absolute Gasteiger partial charge is 0.507 e. The number of amides is 1. The highest BCUT2D eigenvalue weighted by atomic mass is 16.5. The molecule has 2 fully saturated rings. The minimum Gasteiger partial charge on any atom is -0.507 e. The van der Waals surface area contributed by atoms with E-state index < -0.39 is 0 Å². The maximum atomic E-state index is 12.9. The van der Waals surface area contributed by atoms with Crippen molar-refractivity contribution in [2.75, 3.05) is 5.32 Å². The third-order valence-electron chi connectivity index (χ3n) is 5.89. The Morgan fingerprint density at radius 1 is 1.07 bits per heavy atom. The SMILES string of the molecule is C=C(C)C(=O)OC1CC2CC1CC2C(=O)Nc1cccc2c(O)cccc12. The molecule has 4 unspecified atom stereocenters. The van der Waals surface area contributed by atoms with E-state index in [-0.39, 0.29) is 41.5 Å². The first-order chi connectivity index (χ1) is 12.9. The summed E-state index contributed by atoms with van der Waals surface area (Å²) in [5, 5.41) is 14.6. The lowest BCUT2D eigenvalue weighted by Gasteiger charge is -2.27. The van der Waals surface area contributed by atoms with Crippen LogP contribution in [0.15, 0.2) is 48.6 Å². The molecule has 0 spiro atoms. The van der Waals surface area contributed by atoms with E-state index in [2.05, 4.69) is 11.9 Å². The zero-order chi connectivity index (χ0) is 19.1. The molecule has 0 aliphatic heterocycles. The lowest BCUT2D eigenvalue weighted by atomic mass is 9.86. The molecule has 2 aromatic carbocycles. The van der Waals surface area contributed by atoms with Crippen LogP contribution in [0.25, 0.3) is 10.8 Å². The van der Waals surface area contributed by atoms with E-state index in [4.69, 9.17) is 4.74 Å². The molecule has 0 aromatic heterocycles. The van der Waals surface area contributed by atoms with Crippen molar-refractivity contribution < 1.29 is 19.4 Å². The number of ether oxygens (including phenoxy) is 1. The molecule has 2 bridgehead atoms. The molecule has 5 heteroatoms. The highest BCUT2D eigenvalue weighted by Gasteiger charge is 2.50. The second kappa shape index (κ2) is 6.72. The first kappa shape index (κ1) is 17.6. The smallest absolute Gasteiger partial charge is 0.333 e. The van der Waals surface area contributed by atoms with Crippen molar-refractivity contribution in [3.8, 4) is 5.75 Å². The van der Waals surface area contributed by atoms with Gasteiger partial charge in [-0.2, -0.15) is 0 Å². The maximum Gasteiger partial charge on any atom is 0.333 e. The number of phenolic OH excluding ortho intramolecular Hbond substituents is 1. The fourth-order valence-corrected chi connectivity index (χ4v) is 4.55. The summed E-state index contributed by atoms with van der Waals surface area (Å²) in [6.07, 6.45) is 2.29. The van der Waals surface area contributed by atoms with E-state index in [1.54, 1.807) is 19.1 Å². The molecule has 27 heavy (non-hydrogen) atoms. The van der Waals surface area contributed by atoms with Gasteiger partial charge in [0.1, 0.15) is 11.9 Å². The summed E-state index contributed by atoms with van der Waals surface area (Å²) < 4.78 is 5.53. The van der Waals surface area contributed by atoms with Crippen LogP contribution < -0.4 is 5.32 Å². The van der Waals surface area contributed by atoms with Gasteiger partial charge in [-0.3, -0.25) is 4.79 Å². The van der Waals surface area contributed by atoms with Gasteiger partial charge >= 0.3 is 5.97 Å². The predicted molar refractivity (Wildman–Crippen MR) is 103 cm³/mol. The molecule has 2 saturated carbocycles. The highest BCUT2D eigenvalue weighted by Crippen LogP contribution is 2.50. The molecule has 0 saturated heterocycles. The van der Waals surface area contributed by atoms with Crippen molar-refractivity contribution in [2.24, 2.45) is 17.8 Å². The van der Waals surface area contributed by atoms with E-state index in [0.29, 0.717) is 11.3 Å². The van der Waals surface area contributed by atoms with Gasteiger partial charge < -0.3 is 15.2 Å². The number of hydrogen-bond acceptors (Lipinski definition) is 4. The summed E-state index contributed by atoms with van der Waals surface area (Å²) in [5.41, 5.74) is 1.12. The van der Waals surface area contributed by atoms with Crippen molar-refractivity contribution in [1.82, 2.24) is 0 Å². The number of rotatable bonds is 4. The number of nitrogens with one attached hydrogen (secondary N) is 1. The summed E-state index contributed by atoms with van der Waals surface area (Å²) in [6, 6.07) is 10.8. The van der Waals surface area contributed by atoms with Crippen molar-refractivity contribution in [3.63, 3.8) is 0 Å². The number of carbonyl (C=O) groups excluding carboxylic acids is 2. The zero-order valence-electron chi connectivity index (χ0n) is 15.3. The number of benzene rings is 2. The van der Waals surface area contributed by atoms with Gasteiger partial charge in [-0.25, -0.2) is 4.79 Å². The lowest BCUT2D eigenvalue weighted by Crippen LogP contribution is -2.33. The second-order valence-electron chi connectivity index (χ2n) is 7.72. The van der Waals surface area contributed by atoms with E-state index >= 15 is 0 Å². The molecule has 4 atom stereocenters. The van der Waals surface area contributed by atoms with Crippen LogP contribution in [-0.2, 0) is 14.3 Å². The van der Waals surface area contributed by atoms with Crippen molar-refractivity contribution in [3.05, 3.63) is 48.6 Å². The predicted octanol–water partition coefficient (Wildman–Crippen LogP) is 4.02. The summed E-state index contributed by atoms with van der Waals surface area (Å²) in [6.45, 7) is 5.27. The van der Waals surface area contributed by atoms with E-state index in [1.807, 2.05) is 24.3 Å². The Labute approximate surface area is 158 Å². The van der Waals surface area contributed by atoms with Crippen molar-refractivity contribution >= 4 is 28.3 Å². The second-order valence-corrected chi connectivity index (χ2v) is 7.72. The highest BCUT2D eigenvalue weighted by molar-refractivity contribution is 6.04. The summed E-state index contributed by atoms with van der Waals surface area (Å²) in [4.78, 5) is 24.6. The van der Waals surface area contributed by atoms with Crippen LogP contribution >= 0.6 is 0 Å². The molecule has 0 heterocycles. The Balaban J connectivity index is 1.45. The number of aromatic hydroxyl groups is 1. The molecule has 4 rings (SSSR count). The molecular formula is C22H23NO4. The Hall–Kier alpha value is -2.82. The monoisotopic (exact) mass is 365 g/mol. The van der Waals surface area contributed by atoms with Gasteiger partial charge in [0.05, 0.1) is 0 Å². The van der Waals surface area contributed by atoms with Crippen LogP contribution in [0.3, 0.4) is 0 Å². The van der Waals surface area contributed by atoms with Gasteiger partial charge in [0.25, 0.3) is 0 Å². The Kier molecular flexibility index (Phi) is 4.38. The van der Waals surface area contributed by atoms with E-state index in [9.17, 15) is 14.7 Å². The van der Waals surface area contributed by atoms with Crippen LogP contribution in [-0.4, -0.2) is 23.1 Å². The molecule has 2 aliphatic rings. The van der Waals surface area contributed by atoms with E-state index in [1.165, 1.54) is 0 Å². The van der Waals surface area contributed by atoms with Gasteiger partial charge in [-0.1, -0.05) is 30.8 Å². The standard InChI is InChI=1S/C22H23NO4/c1-12(2)22(26)27-20-11-13-9-14(20)10-17(13)21(25)23-18-7-3-6-16-15(18)5-4-8-19(16)24/h3-8,13-14,17,20,24H,1,9-11H2,2H3,(H,23,25). The third-order valence-corrected chi connectivity index (χ3v) is 5.89. The fraction of sp³-hybridized carbons (Fsp3) is 0.364. The number of anilines is 1. The molecule has 2 N–H and O–H groups in total. The number of hydrogen-bond donors (Lipinski definition) is 2. The first-order valence-electron chi connectivity index (χ1n) is 9.32. The number of fused-ring (bicyclic) bond motifs is 3. The fourth-order valence-electron chi connectivity index (χ4n) is 4.55. The zero-order valence-corrected chi connectivity index (χ0v) is 15.3. The molecule has 0 radical (unpaired) electrons. The lowest BCUT2D eigenvalue weighted by molar-refractivity contribution is -0.147. The molecule has 2 aliphatic carbocycles. The summed E-state index contributed by atoms with van der Waals surface area (Å²) >= 11 is 0. The van der Waals surface area contributed by atoms with Crippen molar-refractivity contribution in [2.45, 2.75) is 32.3 Å². The van der Waals surface area contributed by atoms with Gasteiger partial charge in [0, 0.05) is 28.0 Å². The normalized spacial score (nSPS) is 26.1. The van der Waals surface area contributed by atoms with Crippen LogP contribution in [0.1, 0.15) is 26.2 Å². The molecule has 1 amide bonds. The minimum absolute atomic E-state index is 0.00280. The Morgan fingerprint density at radius 2 is 1.81 bits per heavy atom. The Bertz CT molecular complexity index is 935. The van der Waals surface area contributed by atoms with Crippen LogP contribution in [0, 0.1) is 17.8 Å². The topological polar surface area (TPSA) is 75.6 Å². The van der Waals surface area contributed by atoms with Crippen molar-refractivity contribution in [1.29, 1.82) is 0 Å². The van der Waals surface area contributed by atoms with Gasteiger partial charge in [-0.15, -0.1) is 0 Å². The summed E-state index contributed by atoms with van der Waals surface area (Å²) in [7, 11) is 0. The average Bonchev–Trinajstić information content (AvgIpc) is 3.23. The molecule has 140 valence electrons. The quantitative estimate of drug-likeness (QED) is 0.634. The number of carbonyl (C=O) groups is 2. The van der Waals surface area contributed by atoms with Gasteiger partial charge in [0.2, 0.25) is 5.91 Å². The van der Waals surface area contributed by atoms with E-state index in [0.717, 1.165) is 30.0 Å². The first-order valence-corrected chi connectivity index (χ1v) is 9.32. The van der Waals surface area contributed by atoms with Gasteiger partial charge in [-0.05, 0) is 50.2 Å². The summed E-state index contributed by atoms with van der Waals surface area (Å²) in [5.74, 6) is 0.270. The van der Waals surface area contributed by atoms with Crippen LogP contribution in [0.4, 0.5) is 5.69 Å². The third kappa shape index (κ3) is 3.18. The maximum absolute atomic E-state index is 12.9. The number of esters is 1. The Morgan fingerprint density at radius 3 is 2.52 bits per heavy atom. The molecular weight excluding hydrogens is 342 g/mol. The molecule has 5 nitrogen and oxygen atoms in total. The average molecular weight is 365 g/mol. The van der Waals surface area contributed by atoms with Gasteiger partial charge in [0.15, 0.2) is 0 Å².